The SMILES string of the molecule is Cc1cc(C(Cc2ccncc2)NN)cc(C)c1Br. The van der Waals surface area contributed by atoms with E-state index in [4.69, 9.17) is 5.84 Å². The molecule has 3 N–H and O–H groups in total. The highest BCUT2D eigenvalue weighted by molar-refractivity contribution is 9.10. The summed E-state index contributed by atoms with van der Waals surface area (Å²) in [6, 6.07) is 8.48. The molecule has 100 valence electrons. The summed E-state index contributed by atoms with van der Waals surface area (Å²) in [7, 11) is 0. The molecule has 0 radical (unpaired) electrons. The van der Waals surface area contributed by atoms with Crippen LogP contribution in [0.4, 0.5) is 0 Å². The lowest BCUT2D eigenvalue weighted by Crippen LogP contribution is -2.29. The number of rotatable bonds is 4. The summed E-state index contributed by atoms with van der Waals surface area (Å²) in [5, 5.41) is 0. The fourth-order valence-electron chi connectivity index (χ4n) is 2.21. The van der Waals surface area contributed by atoms with Gasteiger partial charge in [0.25, 0.3) is 0 Å². The van der Waals surface area contributed by atoms with Crippen LogP contribution in [0.3, 0.4) is 0 Å². The van der Waals surface area contributed by atoms with Crippen molar-refractivity contribution >= 4 is 15.9 Å². The van der Waals surface area contributed by atoms with E-state index in [-0.39, 0.29) is 6.04 Å². The first kappa shape index (κ1) is 14.2. The molecule has 1 aromatic carbocycles. The number of nitrogens with one attached hydrogen (secondary N) is 1. The number of hydrazine groups is 1. The Kier molecular flexibility index (Phi) is 4.69. The van der Waals surface area contributed by atoms with Crippen molar-refractivity contribution in [1.82, 2.24) is 10.4 Å². The standard InChI is InChI=1S/C15H18BrN3/c1-10-7-13(8-11(2)15(10)16)14(19-17)9-12-3-5-18-6-4-12/h3-8,14,19H,9,17H2,1-2H3. The number of hydrogen-bond donors (Lipinski definition) is 2. The fourth-order valence-corrected chi connectivity index (χ4v) is 2.44. The van der Waals surface area contributed by atoms with Gasteiger partial charge in [-0.05, 0) is 54.7 Å². The minimum absolute atomic E-state index is 0.105. The van der Waals surface area contributed by atoms with Gasteiger partial charge in [-0.2, -0.15) is 0 Å². The summed E-state index contributed by atoms with van der Waals surface area (Å²) in [6.45, 7) is 4.20. The van der Waals surface area contributed by atoms with Gasteiger partial charge in [0.1, 0.15) is 0 Å². The average Bonchev–Trinajstić information content (AvgIpc) is 2.42. The van der Waals surface area contributed by atoms with Crippen LogP contribution in [0.5, 0.6) is 0 Å². The van der Waals surface area contributed by atoms with Crippen LogP contribution in [0.2, 0.25) is 0 Å². The first-order valence-corrected chi connectivity index (χ1v) is 7.02. The summed E-state index contributed by atoms with van der Waals surface area (Å²) in [4.78, 5) is 4.03. The molecule has 3 nitrogen and oxygen atoms in total. The Morgan fingerprint density at radius 1 is 1.21 bits per heavy atom. The number of hydrogen-bond acceptors (Lipinski definition) is 3. The molecule has 1 unspecified atom stereocenters. The third kappa shape index (κ3) is 3.41. The molecule has 0 aliphatic rings. The maximum Gasteiger partial charge on any atom is 0.0500 e. The quantitative estimate of drug-likeness (QED) is 0.672. The van der Waals surface area contributed by atoms with Crippen molar-refractivity contribution in [2.45, 2.75) is 26.3 Å². The van der Waals surface area contributed by atoms with E-state index in [0.717, 1.165) is 10.9 Å². The number of pyridine rings is 1. The highest BCUT2D eigenvalue weighted by Gasteiger charge is 2.13. The third-order valence-corrected chi connectivity index (χ3v) is 4.50. The van der Waals surface area contributed by atoms with E-state index in [2.05, 4.69) is 52.3 Å². The Bertz CT molecular complexity index is 532. The van der Waals surface area contributed by atoms with Crippen LogP contribution in [0.15, 0.2) is 41.1 Å². The molecule has 1 aromatic heterocycles. The van der Waals surface area contributed by atoms with Crippen molar-refractivity contribution in [3.8, 4) is 0 Å². The largest absolute Gasteiger partial charge is 0.271 e. The lowest BCUT2D eigenvalue weighted by molar-refractivity contribution is 0.551. The van der Waals surface area contributed by atoms with Crippen LogP contribution in [0, 0.1) is 13.8 Å². The van der Waals surface area contributed by atoms with Crippen LogP contribution in [0.25, 0.3) is 0 Å². The van der Waals surface area contributed by atoms with Crippen LogP contribution in [-0.4, -0.2) is 4.98 Å². The van der Waals surface area contributed by atoms with E-state index in [9.17, 15) is 0 Å². The maximum atomic E-state index is 5.71. The molecule has 1 atom stereocenters. The molecule has 19 heavy (non-hydrogen) atoms. The van der Waals surface area contributed by atoms with Gasteiger partial charge in [0.05, 0.1) is 6.04 Å². The molecular formula is C15H18BrN3. The molecule has 0 fully saturated rings. The molecule has 0 aliphatic carbocycles. The first-order chi connectivity index (χ1) is 9.11. The van der Waals surface area contributed by atoms with E-state index >= 15 is 0 Å². The molecular weight excluding hydrogens is 302 g/mol. The monoisotopic (exact) mass is 319 g/mol. The molecule has 0 amide bonds. The predicted molar refractivity (Wildman–Crippen MR) is 81.6 cm³/mol. The van der Waals surface area contributed by atoms with E-state index in [0.29, 0.717) is 0 Å². The van der Waals surface area contributed by atoms with Crippen LogP contribution in [0.1, 0.15) is 28.3 Å². The van der Waals surface area contributed by atoms with Crippen LogP contribution < -0.4 is 11.3 Å². The van der Waals surface area contributed by atoms with E-state index < -0.39 is 0 Å². The number of nitrogens with two attached hydrogens (primary N) is 1. The van der Waals surface area contributed by atoms with Gasteiger partial charge < -0.3 is 0 Å². The normalized spacial score (nSPS) is 12.4. The molecule has 2 aromatic rings. The predicted octanol–water partition coefficient (Wildman–Crippen LogP) is 3.21. The summed E-state index contributed by atoms with van der Waals surface area (Å²) in [5.41, 5.74) is 7.78. The van der Waals surface area contributed by atoms with Gasteiger partial charge in [0, 0.05) is 16.9 Å². The van der Waals surface area contributed by atoms with Crippen molar-refractivity contribution in [2.75, 3.05) is 0 Å². The summed E-state index contributed by atoms with van der Waals surface area (Å²) in [5.74, 6) is 5.71. The highest BCUT2D eigenvalue weighted by atomic mass is 79.9. The number of halogens is 1. The second kappa shape index (κ2) is 6.28. The minimum Gasteiger partial charge on any atom is -0.271 e. The van der Waals surface area contributed by atoms with Gasteiger partial charge in [-0.1, -0.05) is 28.1 Å². The third-order valence-electron chi connectivity index (χ3n) is 3.25. The molecule has 2 rings (SSSR count). The molecule has 0 aliphatic heterocycles. The average molecular weight is 320 g/mol. The molecule has 4 heteroatoms. The second-order valence-corrected chi connectivity index (χ2v) is 5.54. The Morgan fingerprint density at radius 2 is 1.79 bits per heavy atom. The minimum atomic E-state index is 0.105. The van der Waals surface area contributed by atoms with Gasteiger partial charge in [0.15, 0.2) is 0 Å². The van der Waals surface area contributed by atoms with Crippen LogP contribution >= 0.6 is 15.9 Å². The first-order valence-electron chi connectivity index (χ1n) is 6.23. The molecule has 0 saturated heterocycles. The lowest BCUT2D eigenvalue weighted by atomic mass is 9.97. The molecule has 0 spiro atoms. The van der Waals surface area contributed by atoms with Crippen molar-refractivity contribution in [3.63, 3.8) is 0 Å². The van der Waals surface area contributed by atoms with Crippen molar-refractivity contribution in [2.24, 2.45) is 5.84 Å². The van der Waals surface area contributed by atoms with E-state index in [1.807, 2.05) is 12.1 Å². The van der Waals surface area contributed by atoms with E-state index in [1.165, 1.54) is 22.3 Å². The van der Waals surface area contributed by atoms with Gasteiger partial charge in [0.2, 0.25) is 0 Å². The Hall–Kier alpha value is -1.23. The summed E-state index contributed by atoms with van der Waals surface area (Å²) >= 11 is 3.59. The van der Waals surface area contributed by atoms with Gasteiger partial charge in [-0.15, -0.1) is 0 Å². The lowest BCUT2D eigenvalue weighted by Gasteiger charge is -2.18. The van der Waals surface area contributed by atoms with Gasteiger partial charge in [-0.25, -0.2) is 0 Å². The fraction of sp³-hybridized carbons (Fsp3) is 0.267. The summed E-state index contributed by atoms with van der Waals surface area (Å²) < 4.78 is 1.16. The Labute approximate surface area is 122 Å². The Balaban J connectivity index is 2.27. The second-order valence-electron chi connectivity index (χ2n) is 4.75. The zero-order chi connectivity index (χ0) is 13.8. The van der Waals surface area contributed by atoms with Crippen molar-refractivity contribution in [3.05, 3.63) is 63.4 Å². The number of benzene rings is 1. The number of nitrogens with zero attached hydrogens (tertiary/aromatic N) is 1. The molecule has 1 heterocycles. The smallest absolute Gasteiger partial charge is 0.0500 e. The number of aromatic nitrogens is 1. The van der Waals surface area contributed by atoms with Crippen molar-refractivity contribution < 1.29 is 0 Å². The molecule has 0 saturated carbocycles. The maximum absolute atomic E-state index is 5.71. The molecule has 0 bridgehead atoms. The highest BCUT2D eigenvalue weighted by Crippen LogP contribution is 2.26. The topological polar surface area (TPSA) is 50.9 Å². The zero-order valence-corrected chi connectivity index (χ0v) is 12.7. The van der Waals surface area contributed by atoms with Gasteiger partial charge in [-0.3, -0.25) is 16.3 Å². The van der Waals surface area contributed by atoms with E-state index in [1.54, 1.807) is 12.4 Å². The summed E-state index contributed by atoms with van der Waals surface area (Å²) in [6.07, 6.45) is 4.46. The Morgan fingerprint density at radius 3 is 2.32 bits per heavy atom. The zero-order valence-electron chi connectivity index (χ0n) is 11.2. The van der Waals surface area contributed by atoms with Gasteiger partial charge >= 0.3 is 0 Å². The number of aryl methyl sites for hydroxylation is 2. The van der Waals surface area contributed by atoms with Crippen molar-refractivity contribution in [1.29, 1.82) is 0 Å². The van der Waals surface area contributed by atoms with Crippen LogP contribution in [-0.2, 0) is 6.42 Å².